The van der Waals surface area contributed by atoms with Crippen molar-refractivity contribution in [2.24, 2.45) is 5.73 Å². The minimum atomic E-state index is -0.168. The number of amides is 1. The smallest absolute Gasteiger partial charge is 0.234 e. The van der Waals surface area contributed by atoms with Crippen LogP contribution in [0.5, 0.6) is 0 Å². The fraction of sp³-hybridized carbons (Fsp3) is 0.333. The van der Waals surface area contributed by atoms with Gasteiger partial charge in [0.1, 0.15) is 0 Å². The molecule has 1 heterocycles. The van der Waals surface area contributed by atoms with E-state index in [1.54, 1.807) is 6.20 Å². The van der Waals surface area contributed by atoms with E-state index in [0.29, 0.717) is 0 Å². The van der Waals surface area contributed by atoms with Gasteiger partial charge in [0.25, 0.3) is 0 Å². The van der Waals surface area contributed by atoms with Gasteiger partial charge >= 0.3 is 0 Å². The molecule has 4 heteroatoms. The molecule has 1 aromatic heterocycles. The van der Waals surface area contributed by atoms with Crippen LogP contribution in [0.2, 0.25) is 0 Å². The Balaban J connectivity index is 2.59. The molecule has 4 nitrogen and oxygen atoms in total. The highest BCUT2D eigenvalue weighted by Crippen LogP contribution is 2.06. The normalized spacial score (nSPS) is 12.2. The van der Waals surface area contributed by atoms with Gasteiger partial charge in [-0.25, -0.2) is 0 Å². The molecule has 0 radical (unpaired) electrons. The third kappa shape index (κ3) is 2.83. The number of nitrogens with one attached hydrogen (secondary N) is 1. The summed E-state index contributed by atoms with van der Waals surface area (Å²) in [5.41, 5.74) is 6.00. The van der Waals surface area contributed by atoms with Crippen LogP contribution in [-0.2, 0) is 4.79 Å². The molecule has 3 N–H and O–H groups in total. The van der Waals surface area contributed by atoms with Crippen molar-refractivity contribution in [2.75, 3.05) is 6.54 Å². The molecule has 0 saturated carbocycles. The van der Waals surface area contributed by atoms with Crippen LogP contribution < -0.4 is 11.1 Å². The summed E-state index contributed by atoms with van der Waals surface area (Å²) in [5, 5.41) is 2.72. The molecule has 0 aromatic carbocycles. The van der Waals surface area contributed by atoms with Gasteiger partial charge in [-0.1, -0.05) is 6.07 Å². The van der Waals surface area contributed by atoms with Gasteiger partial charge in [-0.3, -0.25) is 9.78 Å². The van der Waals surface area contributed by atoms with Crippen molar-refractivity contribution >= 4 is 5.91 Å². The number of carbonyl (C=O) groups excluding carboxylic acids is 1. The maximum Gasteiger partial charge on any atom is 0.234 e. The fourth-order valence-corrected chi connectivity index (χ4v) is 1.01. The van der Waals surface area contributed by atoms with Gasteiger partial charge in [-0.05, 0) is 19.1 Å². The van der Waals surface area contributed by atoms with Gasteiger partial charge < -0.3 is 11.1 Å². The molecule has 0 aliphatic heterocycles. The molecule has 0 fully saturated rings. The average Bonchev–Trinajstić information content (AvgIpc) is 2.19. The first-order valence-electron chi connectivity index (χ1n) is 4.14. The van der Waals surface area contributed by atoms with E-state index in [0.717, 1.165) is 5.69 Å². The second-order valence-electron chi connectivity index (χ2n) is 2.75. The summed E-state index contributed by atoms with van der Waals surface area (Å²) in [6, 6.07) is 5.49. The van der Waals surface area contributed by atoms with Gasteiger partial charge in [-0.15, -0.1) is 0 Å². The Morgan fingerprint density at radius 1 is 1.69 bits per heavy atom. The molecule has 0 aliphatic rings. The predicted octanol–water partition coefficient (Wildman–Crippen LogP) is 0.217. The third-order valence-corrected chi connectivity index (χ3v) is 1.69. The average molecular weight is 179 g/mol. The highest BCUT2D eigenvalue weighted by atomic mass is 16.1. The summed E-state index contributed by atoms with van der Waals surface area (Å²) in [5.74, 6) is -0.168. The molecular weight excluding hydrogens is 166 g/mol. The number of rotatable bonds is 3. The number of nitrogens with two attached hydrogens (primary N) is 1. The van der Waals surface area contributed by atoms with E-state index >= 15 is 0 Å². The molecular formula is C9H13N3O. The lowest BCUT2D eigenvalue weighted by molar-refractivity contribution is -0.120. The van der Waals surface area contributed by atoms with Crippen molar-refractivity contribution in [3.63, 3.8) is 0 Å². The van der Waals surface area contributed by atoms with Gasteiger partial charge in [-0.2, -0.15) is 0 Å². The van der Waals surface area contributed by atoms with E-state index in [9.17, 15) is 4.79 Å². The molecule has 0 saturated heterocycles. The first-order valence-corrected chi connectivity index (χ1v) is 4.14. The molecule has 1 aromatic rings. The standard InChI is InChI=1S/C9H13N3O/c1-7(12-9(13)6-10)8-4-2-3-5-11-8/h2-5,7H,6,10H2,1H3,(H,12,13)/t7-/m1/s1. The molecule has 1 atom stereocenters. The van der Waals surface area contributed by atoms with Crippen molar-refractivity contribution in [3.05, 3.63) is 30.1 Å². The predicted molar refractivity (Wildman–Crippen MR) is 49.8 cm³/mol. The summed E-state index contributed by atoms with van der Waals surface area (Å²) in [4.78, 5) is 15.0. The van der Waals surface area contributed by atoms with Crippen LogP contribution in [-0.4, -0.2) is 17.4 Å². The lowest BCUT2D eigenvalue weighted by Crippen LogP contribution is -2.32. The van der Waals surface area contributed by atoms with Gasteiger partial charge in [0.05, 0.1) is 18.3 Å². The van der Waals surface area contributed by atoms with Crippen LogP contribution in [0.3, 0.4) is 0 Å². The summed E-state index contributed by atoms with van der Waals surface area (Å²) in [6.07, 6.45) is 1.69. The highest BCUT2D eigenvalue weighted by Gasteiger charge is 2.07. The van der Waals surface area contributed by atoms with Crippen LogP contribution >= 0.6 is 0 Å². The van der Waals surface area contributed by atoms with Gasteiger partial charge in [0.2, 0.25) is 5.91 Å². The van der Waals surface area contributed by atoms with E-state index in [2.05, 4.69) is 10.3 Å². The maximum absolute atomic E-state index is 10.9. The Kier molecular flexibility index (Phi) is 3.40. The summed E-state index contributed by atoms with van der Waals surface area (Å²) >= 11 is 0. The third-order valence-electron chi connectivity index (χ3n) is 1.69. The summed E-state index contributed by atoms with van der Waals surface area (Å²) in [7, 11) is 0. The topological polar surface area (TPSA) is 68.0 Å². The number of nitrogens with zero attached hydrogens (tertiary/aromatic N) is 1. The van der Waals surface area contributed by atoms with Crippen LogP contribution in [0.15, 0.2) is 24.4 Å². The Morgan fingerprint density at radius 2 is 2.46 bits per heavy atom. The molecule has 0 spiro atoms. The number of hydrogen-bond acceptors (Lipinski definition) is 3. The van der Waals surface area contributed by atoms with Crippen LogP contribution in [0.4, 0.5) is 0 Å². The quantitative estimate of drug-likeness (QED) is 0.697. The van der Waals surface area contributed by atoms with Crippen molar-refractivity contribution in [3.8, 4) is 0 Å². The van der Waals surface area contributed by atoms with Gasteiger partial charge in [0, 0.05) is 6.20 Å². The number of aromatic nitrogens is 1. The Hall–Kier alpha value is -1.42. The minimum absolute atomic E-state index is 0.0111. The maximum atomic E-state index is 10.9. The molecule has 13 heavy (non-hydrogen) atoms. The lowest BCUT2D eigenvalue weighted by atomic mass is 10.2. The van der Waals surface area contributed by atoms with E-state index in [-0.39, 0.29) is 18.5 Å². The number of hydrogen-bond donors (Lipinski definition) is 2. The molecule has 1 rings (SSSR count). The number of pyridine rings is 1. The Morgan fingerprint density at radius 3 is 3.00 bits per heavy atom. The first kappa shape index (κ1) is 9.67. The van der Waals surface area contributed by atoms with E-state index < -0.39 is 0 Å². The van der Waals surface area contributed by atoms with Crippen LogP contribution in [0.25, 0.3) is 0 Å². The van der Waals surface area contributed by atoms with Crippen molar-refractivity contribution in [2.45, 2.75) is 13.0 Å². The lowest BCUT2D eigenvalue weighted by Gasteiger charge is -2.11. The summed E-state index contributed by atoms with van der Waals surface area (Å²) < 4.78 is 0. The molecule has 70 valence electrons. The molecule has 0 unspecified atom stereocenters. The van der Waals surface area contributed by atoms with E-state index in [1.807, 2.05) is 25.1 Å². The number of carbonyl (C=O) groups is 1. The van der Waals surface area contributed by atoms with Gasteiger partial charge in [0.15, 0.2) is 0 Å². The molecule has 1 amide bonds. The largest absolute Gasteiger partial charge is 0.347 e. The minimum Gasteiger partial charge on any atom is -0.347 e. The second kappa shape index (κ2) is 4.57. The zero-order valence-corrected chi connectivity index (χ0v) is 7.53. The van der Waals surface area contributed by atoms with E-state index in [1.165, 1.54) is 0 Å². The monoisotopic (exact) mass is 179 g/mol. The first-order chi connectivity index (χ1) is 6.24. The second-order valence-corrected chi connectivity index (χ2v) is 2.75. The molecule has 0 aliphatic carbocycles. The zero-order chi connectivity index (χ0) is 9.68. The van der Waals surface area contributed by atoms with E-state index in [4.69, 9.17) is 5.73 Å². The Bertz CT molecular complexity index is 273. The zero-order valence-electron chi connectivity index (χ0n) is 7.53. The van der Waals surface area contributed by atoms with Crippen molar-refractivity contribution in [1.29, 1.82) is 0 Å². The van der Waals surface area contributed by atoms with Crippen molar-refractivity contribution in [1.82, 2.24) is 10.3 Å². The SMILES string of the molecule is C[C@@H](NC(=O)CN)c1ccccn1. The van der Waals surface area contributed by atoms with Crippen LogP contribution in [0.1, 0.15) is 18.7 Å². The molecule has 0 bridgehead atoms. The van der Waals surface area contributed by atoms with Crippen LogP contribution in [0, 0.1) is 0 Å². The highest BCUT2D eigenvalue weighted by molar-refractivity contribution is 5.78. The van der Waals surface area contributed by atoms with Crippen molar-refractivity contribution < 1.29 is 4.79 Å². The fourth-order valence-electron chi connectivity index (χ4n) is 1.01. The Labute approximate surface area is 77.2 Å². The summed E-state index contributed by atoms with van der Waals surface area (Å²) in [6.45, 7) is 1.88.